The van der Waals surface area contributed by atoms with Crippen LogP contribution in [-0.4, -0.2) is 4.98 Å². The van der Waals surface area contributed by atoms with Gasteiger partial charge in [-0.1, -0.05) is 56.7 Å². The molecule has 0 radical (unpaired) electrons. The molecule has 0 atom stereocenters. The molecule has 6 aromatic rings. The third kappa shape index (κ3) is 3.57. The molecule has 1 N–H and O–H groups in total. The second kappa shape index (κ2) is 8.28. The predicted octanol–water partition coefficient (Wildman–Crippen LogP) is 10.4. The second-order valence-corrected chi connectivity index (χ2v) is 12.6. The minimum atomic E-state index is 0.0718. The van der Waals surface area contributed by atoms with Crippen molar-refractivity contribution in [3.05, 3.63) is 102 Å². The first kappa shape index (κ1) is 23.2. The van der Waals surface area contributed by atoms with E-state index in [1.165, 1.54) is 59.1 Å². The minimum absolute atomic E-state index is 0.0718. The summed E-state index contributed by atoms with van der Waals surface area (Å²) in [6.07, 6.45) is 1.94. The number of pyridine rings is 1. The van der Waals surface area contributed by atoms with Crippen molar-refractivity contribution in [2.24, 2.45) is 0 Å². The molecule has 2 aromatic heterocycles. The number of hydrogen-bond donors (Lipinski definition) is 1. The van der Waals surface area contributed by atoms with Crippen LogP contribution >= 0.6 is 11.3 Å². The van der Waals surface area contributed by atoms with Crippen molar-refractivity contribution in [3.8, 4) is 33.5 Å². The minimum Gasteiger partial charge on any atom is -0.355 e. The second-order valence-electron chi connectivity index (χ2n) is 11.5. The Labute approximate surface area is 228 Å². The monoisotopic (exact) mass is 510 g/mol. The summed E-state index contributed by atoms with van der Waals surface area (Å²) in [5.74, 6) is 0. The summed E-state index contributed by atoms with van der Waals surface area (Å²) >= 11 is 1.89. The maximum Gasteiger partial charge on any atom is 0.0705 e. The topological polar surface area (TPSA) is 24.9 Å². The van der Waals surface area contributed by atoms with Crippen LogP contribution < -0.4 is 5.32 Å². The van der Waals surface area contributed by atoms with Crippen LogP contribution in [0.15, 0.2) is 85.1 Å². The first-order chi connectivity index (χ1) is 18.3. The number of fused-ring (bicyclic) bond motifs is 10. The normalized spacial score (nSPS) is 12.6. The highest BCUT2D eigenvalue weighted by Crippen LogP contribution is 2.50. The highest BCUT2D eigenvalue weighted by molar-refractivity contribution is 7.26. The van der Waals surface area contributed by atoms with Gasteiger partial charge in [-0.25, -0.2) is 0 Å². The number of hydrogen-bond acceptors (Lipinski definition) is 3. The molecule has 0 spiro atoms. The Morgan fingerprint density at radius 1 is 0.737 bits per heavy atom. The van der Waals surface area contributed by atoms with Gasteiger partial charge >= 0.3 is 0 Å². The van der Waals surface area contributed by atoms with E-state index in [1.54, 1.807) is 0 Å². The molecule has 0 saturated carbocycles. The van der Waals surface area contributed by atoms with Crippen LogP contribution in [0.5, 0.6) is 0 Å². The number of rotatable bonds is 1. The molecule has 3 heteroatoms. The Balaban J connectivity index is 1.55. The third-order valence-electron chi connectivity index (χ3n) is 7.87. The highest BCUT2D eigenvalue weighted by Gasteiger charge is 2.24. The van der Waals surface area contributed by atoms with Crippen LogP contribution in [0, 0.1) is 13.8 Å². The fourth-order valence-electron chi connectivity index (χ4n) is 5.81. The Morgan fingerprint density at radius 3 is 2.37 bits per heavy atom. The number of thiophene rings is 1. The lowest BCUT2D eigenvalue weighted by atomic mass is 9.85. The molecule has 0 fully saturated rings. The van der Waals surface area contributed by atoms with Gasteiger partial charge in [0.25, 0.3) is 0 Å². The maximum atomic E-state index is 4.77. The first-order valence-corrected chi connectivity index (χ1v) is 14.0. The van der Waals surface area contributed by atoms with Crippen molar-refractivity contribution in [3.63, 3.8) is 0 Å². The fourth-order valence-corrected chi connectivity index (χ4v) is 6.97. The quantitative estimate of drug-likeness (QED) is 0.238. The number of nitrogens with zero attached hydrogens (tertiary/aromatic N) is 1. The van der Waals surface area contributed by atoms with Gasteiger partial charge in [0.2, 0.25) is 0 Å². The lowest BCUT2D eigenvalue weighted by molar-refractivity contribution is 0.589. The lowest BCUT2D eigenvalue weighted by Gasteiger charge is -2.25. The largest absolute Gasteiger partial charge is 0.355 e. The van der Waals surface area contributed by atoms with Crippen LogP contribution in [0.4, 0.5) is 11.4 Å². The molecule has 0 saturated heterocycles. The van der Waals surface area contributed by atoms with Gasteiger partial charge in [0, 0.05) is 54.4 Å². The SMILES string of the molecule is Cc1ccc2c(c1)-c1c(C)c(cc3sc4ccccc4c13)-c1cc(-c3cc(C(C)(C)C)ccn3)ccc1N2. The smallest absolute Gasteiger partial charge is 0.0705 e. The summed E-state index contributed by atoms with van der Waals surface area (Å²) in [4.78, 5) is 4.77. The van der Waals surface area contributed by atoms with E-state index in [0.29, 0.717) is 0 Å². The van der Waals surface area contributed by atoms with E-state index in [4.69, 9.17) is 4.98 Å². The fraction of sp³-hybridized carbons (Fsp3) is 0.171. The Morgan fingerprint density at radius 2 is 1.53 bits per heavy atom. The third-order valence-corrected chi connectivity index (χ3v) is 8.99. The molecule has 186 valence electrons. The number of aromatic nitrogens is 1. The molecular weight excluding hydrogens is 480 g/mol. The average molecular weight is 511 g/mol. The van der Waals surface area contributed by atoms with Crippen molar-refractivity contribution >= 4 is 42.9 Å². The Hall–Kier alpha value is -3.95. The van der Waals surface area contributed by atoms with Crippen molar-refractivity contribution in [2.75, 3.05) is 5.32 Å². The molecule has 1 aliphatic rings. The molecule has 2 nitrogen and oxygen atoms in total. The van der Waals surface area contributed by atoms with Crippen molar-refractivity contribution in [1.29, 1.82) is 0 Å². The van der Waals surface area contributed by atoms with E-state index in [1.807, 2.05) is 17.5 Å². The number of benzene rings is 4. The zero-order valence-electron chi connectivity index (χ0n) is 22.4. The zero-order valence-corrected chi connectivity index (χ0v) is 23.3. The molecule has 38 heavy (non-hydrogen) atoms. The van der Waals surface area contributed by atoms with E-state index in [2.05, 4.69) is 119 Å². The summed E-state index contributed by atoms with van der Waals surface area (Å²) in [6.45, 7) is 11.2. The van der Waals surface area contributed by atoms with Gasteiger partial charge < -0.3 is 5.32 Å². The zero-order chi connectivity index (χ0) is 26.2. The van der Waals surface area contributed by atoms with Crippen LogP contribution in [0.2, 0.25) is 0 Å². The van der Waals surface area contributed by atoms with E-state index in [0.717, 1.165) is 22.6 Å². The summed E-state index contributed by atoms with van der Waals surface area (Å²) in [5.41, 5.74) is 13.5. The van der Waals surface area contributed by atoms with Gasteiger partial charge in [-0.05, 0) is 90.0 Å². The van der Waals surface area contributed by atoms with Gasteiger partial charge in [-0.3, -0.25) is 4.98 Å². The Kier molecular flexibility index (Phi) is 5.05. The first-order valence-electron chi connectivity index (χ1n) is 13.2. The lowest BCUT2D eigenvalue weighted by Crippen LogP contribution is -2.11. The number of nitrogens with one attached hydrogen (secondary N) is 1. The van der Waals surface area contributed by atoms with Gasteiger partial charge in [-0.15, -0.1) is 11.3 Å². The van der Waals surface area contributed by atoms with Crippen LogP contribution in [0.3, 0.4) is 0 Å². The van der Waals surface area contributed by atoms with Gasteiger partial charge in [-0.2, -0.15) is 0 Å². The predicted molar refractivity (Wildman–Crippen MR) is 165 cm³/mol. The van der Waals surface area contributed by atoms with Crippen LogP contribution in [0.1, 0.15) is 37.5 Å². The maximum absolute atomic E-state index is 4.77. The Bertz CT molecular complexity index is 1900. The summed E-state index contributed by atoms with van der Waals surface area (Å²) in [7, 11) is 0. The summed E-state index contributed by atoms with van der Waals surface area (Å²) in [6, 6.07) is 29.1. The van der Waals surface area contributed by atoms with E-state index < -0.39 is 0 Å². The number of anilines is 2. The van der Waals surface area contributed by atoms with E-state index in [9.17, 15) is 0 Å². The van der Waals surface area contributed by atoms with Crippen LogP contribution in [-0.2, 0) is 5.41 Å². The van der Waals surface area contributed by atoms with E-state index >= 15 is 0 Å². The van der Waals surface area contributed by atoms with E-state index in [-0.39, 0.29) is 5.41 Å². The van der Waals surface area contributed by atoms with Crippen molar-refractivity contribution in [2.45, 2.75) is 40.0 Å². The molecule has 3 heterocycles. The van der Waals surface area contributed by atoms with Gasteiger partial charge in [0.05, 0.1) is 5.69 Å². The molecule has 4 aromatic carbocycles. The summed E-state index contributed by atoms with van der Waals surface area (Å²) < 4.78 is 2.67. The molecule has 0 amide bonds. The average Bonchev–Trinajstić information content (AvgIpc) is 3.27. The molecule has 1 aliphatic heterocycles. The summed E-state index contributed by atoms with van der Waals surface area (Å²) in [5, 5.41) is 6.51. The van der Waals surface area contributed by atoms with Gasteiger partial charge in [0.1, 0.15) is 0 Å². The molecule has 7 rings (SSSR count). The van der Waals surface area contributed by atoms with Crippen molar-refractivity contribution in [1.82, 2.24) is 4.98 Å². The molecule has 2 bridgehead atoms. The van der Waals surface area contributed by atoms with Crippen molar-refractivity contribution < 1.29 is 0 Å². The molecule has 0 aliphatic carbocycles. The highest BCUT2D eigenvalue weighted by atomic mass is 32.1. The standard InChI is InChI=1S/C35H30N2S/c1-20-10-12-29-27(16-20)33-21(2)25(19-32-34(33)24-8-6-7-9-31(24)38-32)26-17-22(11-13-28(26)37-29)30-18-23(14-15-36-30)35(3,4)5/h6-19,37H,1-5H3. The molecular formula is C35H30N2S. The van der Waals surface area contributed by atoms with Crippen LogP contribution in [0.25, 0.3) is 53.7 Å². The number of aryl methyl sites for hydroxylation is 1. The molecule has 0 unspecified atom stereocenters. The van der Waals surface area contributed by atoms with Gasteiger partial charge in [0.15, 0.2) is 0 Å².